The molecule has 3 amide bonds. The Morgan fingerprint density at radius 3 is 2.59 bits per heavy atom. The molecule has 8 heteroatoms. The van der Waals surface area contributed by atoms with Crippen molar-refractivity contribution in [1.82, 2.24) is 29.5 Å². The number of benzene rings is 1. The van der Waals surface area contributed by atoms with Gasteiger partial charge in [0.05, 0.1) is 0 Å². The molecule has 3 aliphatic rings. The minimum absolute atomic E-state index is 0.0239. The van der Waals surface area contributed by atoms with Crippen molar-refractivity contribution in [3.05, 3.63) is 42.5 Å². The standard InChI is InChI=1S/C19H24N6O2/c1-22(2)19(27)23-9-14-6-7-17(11-23)25(10-14)18(26)15-4-3-5-16(8-15)24-12-20-21-13-24/h3-5,8,12-14,17H,6-7,9-11H2,1-2H3/t14-,17+/m0/s1. The van der Waals surface area contributed by atoms with Gasteiger partial charge in [0.1, 0.15) is 12.7 Å². The first kappa shape index (κ1) is 17.5. The fourth-order valence-electron chi connectivity index (χ4n) is 4.07. The molecule has 0 N–H and O–H groups in total. The van der Waals surface area contributed by atoms with Crippen molar-refractivity contribution in [2.24, 2.45) is 5.92 Å². The maximum absolute atomic E-state index is 13.2. The highest BCUT2D eigenvalue weighted by Gasteiger charge is 2.39. The number of hydrogen-bond donors (Lipinski definition) is 0. The van der Waals surface area contributed by atoms with Crippen LogP contribution < -0.4 is 0 Å². The molecule has 1 aromatic carbocycles. The molecule has 3 aliphatic heterocycles. The molecule has 0 saturated carbocycles. The van der Waals surface area contributed by atoms with Crippen LogP contribution in [0.2, 0.25) is 0 Å². The lowest BCUT2D eigenvalue weighted by atomic mass is 9.94. The smallest absolute Gasteiger partial charge is 0.319 e. The van der Waals surface area contributed by atoms with Crippen molar-refractivity contribution in [2.75, 3.05) is 33.7 Å². The van der Waals surface area contributed by atoms with Crippen LogP contribution in [0.4, 0.5) is 4.79 Å². The van der Waals surface area contributed by atoms with Gasteiger partial charge in [0.2, 0.25) is 0 Å². The highest BCUT2D eigenvalue weighted by molar-refractivity contribution is 5.95. The number of nitrogens with zero attached hydrogens (tertiary/aromatic N) is 6. The number of rotatable bonds is 2. The molecule has 3 saturated heterocycles. The quantitative estimate of drug-likeness (QED) is 0.805. The Kier molecular flexibility index (Phi) is 4.55. The summed E-state index contributed by atoms with van der Waals surface area (Å²) in [5.41, 5.74) is 1.51. The summed E-state index contributed by atoms with van der Waals surface area (Å²) in [6.45, 7) is 2.03. The van der Waals surface area contributed by atoms with E-state index in [1.165, 1.54) is 0 Å². The van der Waals surface area contributed by atoms with E-state index in [-0.39, 0.29) is 18.0 Å². The van der Waals surface area contributed by atoms with Gasteiger partial charge >= 0.3 is 6.03 Å². The van der Waals surface area contributed by atoms with E-state index in [0.717, 1.165) is 25.1 Å². The zero-order chi connectivity index (χ0) is 19.0. The summed E-state index contributed by atoms with van der Waals surface area (Å²) in [6, 6.07) is 7.60. The zero-order valence-electron chi connectivity index (χ0n) is 15.7. The first-order valence-electron chi connectivity index (χ1n) is 9.25. The number of urea groups is 1. The van der Waals surface area contributed by atoms with Crippen molar-refractivity contribution in [2.45, 2.75) is 18.9 Å². The fraction of sp³-hybridized carbons (Fsp3) is 0.474. The number of carbonyl (C=O) groups is 2. The second-order valence-electron chi connectivity index (χ2n) is 7.56. The molecule has 0 unspecified atom stereocenters. The molecule has 5 rings (SSSR count). The molecule has 0 radical (unpaired) electrons. The summed E-state index contributed by atoms with van der Waals surface area (Å²) in [6.07, 6.45) is 5.23. The van der Waals surface area contributed by atoms with Crippen LogP contribution in [0.1, 0.15) is 23.2 Å². The Bertz CT molecular complexity index is 834. The molecule has 2 atom stereocenters. The lowest BCUT2D eigenvalue weighted by Crippen LogP contribution is -2.48. The molecular formula is C19H24N6O2. The highest BCUT2D eigenvalue weighted by atomic mass is 16.2. The molecule has 4 heterocycles. The maximum atomic E-state index is 13.2. The van der Waals surface area contributed by atoms with E-state index in [9.17, 15) is 9.59 Å². The Morgan fingerprint density at radius 2 is 1.85 bits per heavy atom. The van der Waals surface area contributed by atoms with Gasteiger partial charge in [0.25, 0.3) is 5.91 Å². The SMILES string of the molecule is CN(C)C(=O)N1C[C@@H]2CC[C@H](C1)N(C(=O)c1cccc(-n3cnnc3)c1)C2. The Morgan fingerprint density at radius 1 is 1.07 bits per heavy atom. The Balaban J connectivity index is 1.56. The zero-order valence-corrected chi connectivity index (χ0v) is 15.7. The topological polar surface area (TPSA) is 74.6 Å². The van der Waals surface area contributed by atoms with E-state index in [1.54, 1.807) is 36.2 Å². The monoisotopic (exact) mass is 368 g/mol. The van der Waals surface area contributed by atoms with Gasteiger partial charge in [0, 0.05) is 51.0 Å². The van der Waals surface area contributed by atoms with Crippen LogP contribution in [0.25, 0.3) is 5.69 Å². The van der Waals surface area contributed by atoms with Crippen LogP contribution >= 0.6 is 0 Å². The van der Waals surface area contributed by atoms with Crippen LogP contribution in [0.15, 0.2) is 36.9 Å². The largest absolute Gasteiger partial charge is 0.334 e. The van der Waals surface area contributed by atoms with Crippen LogP contribution in [0, 0.1) is 5.92 Å². The van der Waals surface area contributed by atoms with Gasteiger partial charge in [-0.3, -0.25) is 9.36 Å². The third-order valence-corrected chi connectivity index (χ3v) is 5.44. The van der Waals surface area contributed by atoms with E-state index in [4.69, 9.17) is 0 Å². The van der Waals surface area contributed by atoms with E-state index in [1.807, 2.05) is 34.1 Å². The third-order valence-electron chi connectivity index (χ3n) is 5.44. The summed E-state index contributed by atoms with van der Waals surface area (Å²) in [5.74, 6) is 0.358. The van der Waals surface area contributed by atoms with Crippen molar-refractivity contribution in [3.63, 3.8) is 0 Å². The molecule has 2 bridgehead atoms. The number of piperidine rings is 1. The highest BCUT2D eigenvalue weighted by Crippen LogP contribution is 2.30. The van der Waals surface area contributed by atoms with E-state index in [2.05, 4.69) is 10.2 Å². The van der Waals surface area contributed by atoms with Crippen LogP contribution in [0.3, 0.4) is 0 Å². The lowest BCUT2D eigenvalue weighted by Gasteiger charge is -2.36. The van der Waals surface area contributed by atoms with Gasteiger partial charge in [-0.1, -0.05) is 6.07 Å². The van der Waals surface area contributed by atoms with Gasteiger partial charge in [-0.2, -0.15) is 0 Å². The molecule has 0 aliphatic carbocycles. The molecule has 8 nitrogen and oxygen atoms in total. The van der Waals surface area contributed by atoms with Gasteiger partial charge < -0.3 is 14.7 Å². The summed E-state index contributed by atoms with van der Waals surface area (Å²) in [5, 5.41) is 7.64. The third kappa shape index (κ3) is 3.39. The second kappa shape index (κ2) is 7.02. The molecular weight excluding hydrogens is 344 g/mol. The first-order valence-corrected chi connectivity index (χ1v) is 9.25. The molecule has 3 fully saturated rings. The summed E-state index contributed by atoms with van der Waals surface area (Å²) < 4.78 is 1.78. The minimum atomic E-state index is 0.0239. The van der Waals surface area contributed by atoms with Crippen molar-refractivity contribution in [1.29, 1.82) is 0 Å². The van der Waals surface area contributed by atoms with Gasteiger partial charge in [-0.25, -0.2) is 4.79 Å². The normalized spacial score (nSPS) is 21.9. The minimum Gasteiger partial charge on any atom is -0.334 e. The number of aromatic nitrogens is 3. The molecule has 1 aromatic heterocycles. The van der Waals surface area contributed by atoms with Gasteiger partial charge in [-0.15, -0.1) is 10.2 Å². The molecule has 27 heavy (non-hydrogen) atoms. The van der Waals surface area contributed by atoms with E-state index < -0.39 is 0 Å². The first-order chi connectivity index (χ1) is 13.0. The number of amides is 3. The van der Waals surface area contributed by atoms with Crippen LogP contribution in [-0.2, 0) is 0 Å². The number of hydrogen-bond acceptors (Lipinski definition) is 4. The summed E-state index contributed by atoms with van der Waals surface area (Å²) >= 11 is 0. The summed E-state index contributed by atoms with van der Waals surface area (Å²) in [4.78, 5) is 31.1. The number of carbonyl (C=O) groups excluding carboxylic acids is 2. The maximum Gasteiger partial charge on any atom is 0.319 e. The predicted molar refractivity (Wildman–Crippen MR) is 99.6 cm³/mol. The van der Waals surface area contributed by atoms with E-state index in [0.29, 0.717) is 24.6 Å². The average Bonchev–Trinajstić information content (AvgIpc) is 3.07. The summed E-state index contributed by atoms with van der Waals surface area (Å²) in [7, 11) is 3.54. The van der Waals surface area contributed by atoms with Crippen molar-refractivity contribution in [3.8, 4) is 5.69 Å². The van der Waals surface area contributed by atoms with Crippen molar-refractivity contribution < 1.29 is 9.59 Å². The van der Waals surface area contributed by atoms with E-state index >= 15 is 0 Å². The fourth-order valence-corrected chi connectivity index (χ4v) is 4.07. The molecule has 0 spiro atoms. The predicted octanol–water partition coefficient (Wildman–Crippen LogP) is 1.49. The average molecular weight is 368 g/mol. The lowest BCUT2D eigenvalue weighted by molar-refractivity contribution is 0.0585. The molecule has 142 valence electrons. The Labute approximate surface area is 158 Å². The molecule has 2 aromatic rings. The Hall–Kier alpha value is -2.90. The van der Waals surface area contributed by atoms with Gasteiger partial charge in [0.15, 0.2) is 0 Å². The number of fused-ring (bicyclic) bond motifs is 4. The van der Waals surface area contributed by atoms with Crippen LogP contribution in [-0.4, -0.2) is 81.2 Å². The van der Waals surface area contributed by atoms with Crippen molar-refractivity contribution >= 4 is 11.9 Å². The van der Waals surface area contributed by atoms with Gasteiger partial charge in [-0.05, 0) is 37.0 Å². The van der Waals surface area contributed by atoms with Crippen LogP contribution in [0.5, 0.6) is 0 Å². The second-order valence-corrected chi connectivity index (χ2v) is 7.56.